The predicted molar refractivity (Wildman–Crippen MR) is 117 cm³/mol. The van der Waals surface area contributed by atoms with Gasteiger partial charge in [-0.15, -0.1) is 0 Å². The van der Waals surface area contributed by atoms with Crippen molar-refractivity contribution < 1.29 is 8.42 Å². The van der Waals surface area contributed by atoms with Crippen molar-refractivity contribution in [3.05, 3.63) is 71.3 Å². The van der Waals surface area contributed by atoms with E-state index in [9.17, 15) is 8.42 Å². The Morgan fingerprint density at radius 3 is 2.66 bits per heavy atom. The molecule has 2 aliphatic heterocycles. The van der Waals surface area contributed by atoms with Gasteiger partial charge in [0.15, 0.2) is 0 Å². The Morgan fingerprint density at radius 1 is 1.03 bits per heavy atom. The minimum atomic E-state index is -3.41. The van der Waals surface area contributed by atoms with Crippen LogP contribution in [0, 0.1) is 12.8 Å². The maximum absolute atomic E-state index is 13.2. The highest BCUT2D eigenvalue weighted by Gasteiger charge is 2.39. The molecule has 0 saturated carbocycles. The number of benzene rings is 2. The normalized spacial score (nSPS) is 26.6. The first kappa shape index (κ1) is 18.9. The monoisotopic (exact) mass is 408 g/mol. The van der Waals surface area contributed by atoms with E-state index in [1.165, 1.54) is 11.1 Å². The summed E-state index contributed by atoms with van der Waals surface area (Å²) >= 11 is 0. The SMILES string of the molecule is Cc1cccc(C2Nc3ccc(S(=O)(=O)N4CCCCC4)cc3C3C=CCC32)c1. The summed E-state index contributed by atoms with van der Waals surface area (Å²) in [6.45, 7) is 3.40. The van der Waals surface area contributed by atoms with Gasteiger partial charge in [0, 0.05) is 24.7 Å². The topological polar surface area (TPSA) is 49.4 Å². The zero-order valence-electron chi connectivity index (χ0n) is 16.8. The number of hydrogen-bond donors (Lipinski definition) is 1. The number of piperidine rings is 1. The Morgan fingerprint density at radius 2 is 1.86 bits per heavy atom. The van der Waals surface area contributed by atoms with E-state index >= 15 is 0 Å². The second kappa shape index (κ2) is 7.29. The maximum atomic E-state index is 13.2. The fourth-order valence-corrected chi connectivity index (χ4v) is 6.73. The molecular weight excluding hydrogens is 380 g/mol. The van der Waals surface area contributed by atoms with Crippen molar-refractivity contribution >= 4 is 15.7 Å². The third-order valence-electron chi connectivity index (χ3n) is 6.69. The van der Waals surface area contributed by atoms with Crippen molar-refractivity contribution in [3.63, 3.8) is 0 Å². The van der Waals surface area contributed by atoms with Crippen molar-refractivity contribution in [2.24, 2.45) is 5.92 Å². The molecule has 0 radical (unpaired) electrons. The van der Waals surface area contributed by atoms with Gasteiger partial charge in [-0.3, -0.25) is 0 Å². The average Bonchev–Trinajstić information content (AvgIpc) is 3.23. The number of sulfonamides is 1. The molecule has 1 N–H and O–H groups in total. The molecule has 3 unspecified atom stereocenters. The van der Waals surface area contributed by atoms with Gasteiger partial charge < -0.3 is 5.32 Å². The van der Waals surface area contributed by atoms with E-state index in [2.05, 4.69) is 48.7 Å². The summed E-state index contributed by atoms with van der Waals surface area (Å²) in [5.41, 5.74) is 4.74. The summed E-state index contributed by atoms with van der Waals surface area (Å²) in [4.78, 5) is 0.438. The van der Waals surface area contributed by atoms with E-state index in [1.807, 2.05) is 12.1 Å². The number of aryl methyl sites for hydroxylation is 1. The highest BCUT2D eigenvalue weighted by Crippen LogP contribution is 2.50. The molecule has 3 atom stereocenters. The molecule has 2 aromatic carbocycles. The number of allylic oxidation sites excluding steroid dienone is 2. The number of fused-ring (bicyclic) bond motifs is 3. The number of hydrogen-bond acceptors (Lipinski definition) is 3. The predicted octanol–water partition coefficient (Wildman–Crippen LogP) is 5.00. The molecule has 1 fully saturated rings. The first-order chi connectivity index (χ1) is 14.0. The average molecular weight is 409 g/mol. The van der Waals surface area contributed by atoms with Crippen LogP contribution in [-0.4, -0.2) is 25.8 Å². The van der Waals surface area contributed by atoms with Gasteiger partial charge in [-0.1, -0.05) is 48.4 Å². The van der Waals surface area contributed by atoms with E-state index in [4.69, 9.17) is 0 Å². The Labute approximate surface area is 173 Å². The van der Waals surface area contributed by atoms with Crippen LogP contribution in [0.5, 0.6) is 0 Å². The smallest absolute Gasteiger partial charge is 0.243 e. The van der Waals surface area contributed by atoms with Crippen molar-refractivity contribution in [2.75, 3.05) is 18.4 Å². The largest absolute Gasteiger partial charge is 0.378 e. The lowest BCUT2D eigenvalue weighted by molar-refractivity contribution is 0.346. The van der Waals surface area contributed by atoms with Gasteiger partial charge in [0.25, 0.3) is 0 Å². The highest BCUT2D eigenvalue weighted by molar-refractivity contribution is 7.89. The zero-order valence-corrected chi connectivity index (χ0v) is 17.7. The number of nitrogens with zero attached hydrogens (tertiary/aromatic N) is 1. The van der Waals surface area contributed by atoms with Gasteiger partial charge in [-0.05, 0) is 61.4 Å². The van der Waals surface area contributed by atoms with Crippen LogP contribution < -0.4 is 5.32 Å². The highest BCUT2D eigenvalue weighted by atomic mass is 32.2. The van der Waals surface area contributed by atoms with Crippen molar-refractivity contribution in [1.29, 1.82) is 0 Å². The van der Waals surface area contributed by atoms with Crippen LogP contribution in [0.25, 0.3) is 0 Å². The Balaban J connectivity index is 1.52. The van der Waals surface area contributed by atoms with Crippen molar-refractivity contribution in [2.45, 2.75) is 49.5 Å². The molecule has 3 aliphatic rings. The zero-order chi connectivity index (χ0) is 20.0. The minimum absolute atomic E-state index is 0.243. The molecule has 152 valence electrons. The van der Waals surface area contributed by atoms with Crippen LogP contribution in [0.3, 0.4) is 0 Å². The van der Waals surface area contributed by atoms with E-state index in [1.54, 1.807) is 10.4 Å². The van der Waals surface area contributed by atoms with Crippen LogP contribution in [0.1, 0.15) is 54.3 Å². The summed E-state index contributed by atoms with van der Waals surface area (Å²) in [5.74, 6) is 0.672. The lowest BCUT2D eigenvalue weighted by atomic mass is 9.77. The molecule has 1 saturated heterocycles. The molecule has 0 amide bonds. The van der Waals surface area contributed by atoms with Crippen LogP contribution in [0.15, 0.2) is 59.5 Å². The minimum Gasteiger partial charge on any atom is -0.378 e. The molecule has 2 aromatic rings. The first-order valence-corrected chi connectivity index (χ1v) is 12.1. The molecule has 2 heterocycles. The van der Waals surface area contributed by atoms with Gasteiger partial charge in [0.05, 0.1) is 10.9 Å². The van der Waals surface area contributed by atoms with Crippen molar-refractivity contribution in [3.8, 4) is 0 Å². The summed E-state index contributed by atoms with van der Waals surface area (Å²) in [5, 5.41) is 3.72. The third kappa shape index (κ3) is 3.30. The summed E-state index contributed by atoms with van der Waals surface area (Å²) in [6.07, 6.45) is 8.56. The number of rotatable bonds is 3. The maximum Gasteiger partial charge on any atom is 0.243 e. The Kier molecular flexibility index (Phi) is 4.75. The number of anilines is 1. The molecule has 1 aliphatic carbocycles. The van der Waals surface area contributed by atoms with E-state index in [0.717, 1.165) is 36.9 Å². The second-order valence-electron chi connectivity index (χ2n) is 8.60. The summed E-state index contributed by atoms with van der Waals surface area (Å²) < 4.78 is 28.0. The van der Waals surface area contributed by atoms with E-state index in [0.29, 0.717) is 23.9 Å². The van der Waals surface area contributed by atoms with Crippen LogP contribution in [-0.2, 0) is 10.0 Å². The lowest BCUT2D eigenvalue weighted by Crippen LogP contribution is -2.36. The molecule has 0 bridgehead atoms. The van der Waals surface area contributed by atoms with Gasteiger partial charge in [0.2, 0.25) is 10.0 Å². The summed E-state index contributed by atoms with van der Waals surface area (Å²) in [7, 11) is -3.41. The second-order valence-corrected chi connectivity index (χ2v) is 10.5. The fourth-order valence-electron chi connectivity index (χ4n) is 5.18. The van der Waals surface area contributed by atoms with Gasteiger partial charge >= 0.3 is 0 Å². The molecule has 0 spiro atoms. The molecule has 5 heteroatoms. The quantitative estimate of drug-likeness (QED) is 0.728. The molecule has 29 heavy (non-hydrogen) atoms. The van der Waals surface area contributed by atoms with Crippen molar-refractivity contribution in [1.82, 2.24) is 4.31 Å². The van der Waals surface area contributed by atoms with Gasteiger partial charge in [0.1, 0.15) is 0 Å². The summed E-state index contributed by atoms with van der Waals surface area (Å²) in [6, 6.07) is 14.6. The standard InChI is InChI=1S/C24H28N2O2S/c1-17-7-5-8-18(15-17)24-21-10-6-9-20(21)22-16-19(11-12-23(22)25-24)29(27,28)26-13-3-2-4-14-26/h5-9,11-12,15-16,20-21,24-25H,2-4,10,13-14H2,1H3. The Bertz CT molecular complexity index is 1050. The molecule has 0 aromatic heterocycles. The van der Waals surface area contributed by atoms with Crippen LogP contribution in [0.4, 0.5) is 5.69 Å². The van der Waals surface area contributed by atoms with Crippen LogP contribution in [0.2, 0.25) is 0 Å². The van der Waals surface area contributed by atoms with Gasteiger partial charge in [-0.25, -0.2) is 8.42 Å². The molecule has 4 nitrogen and oxygen atoms in total. The van der Waals surface area contributed by atoms with Crippen LogP contribution >= 0.6 is 0 Å². The van der Waals surface area contributed by atoms with Gasteiger partial charge in [-0.2, -0.15) is 4.31 Å². The van der Waals surface area contributed by atoms with E-state index < -0.39 is 10.0 Å². The van der Waals surface area contributed by atoms with E-state index in [-0.39, 0.29) is 12.0 Å². The first-order valence-electron chi connectivity index (χ1n) is 10.7. The lowest BCUT2D eigenvalue weighted by Gasteiger charge is -2.38. The molecule has 5 rings (SSSR count). The fraction of sp³-hybridized carbons (Fsp3) is 0.417. The molecular formula is C24H28N2O2S. The third-order valence-corrected chi connectivity index (χ3v) is 8.58. The number of nitrogens with one attached hydrogen (secondary N) is 1. The Hall–Kier alpha value is -2.11.